The highest BCUT2D eigenvalue weighted by Crippen LogP contribution is 2.61. The lowest BCUT2D eigenvalue weighted by molar-refractivity contribution is -0.157. The van der Waals surface area contributed by atoms with Gasteiger partial charge in [0.05, 0.1) is 24.5 Å². The van der Waals surface area contributed by atoms with E-state index in [0.29, 0.717) is 12.0 Å². The van der Waals surface area contributed by atoms with Crippen LogP contribution in [0.15, 0.2) is 34.7 Å². The van der Waals surface area contributed by atoms with Crippen molar-refractivity contribution in [1.29, 1.82) is 0 Å². The highest BCUT2D eigenvalue weighted by atomic mass is 16.6. The Hall–Kier alpha value is -2.08. The van der Waals surface area contributed by atoms with E-state index < -0.39 is 0 Å². The number of hydrogen-bond acceptors (Lipinski definition) is 6. The molecular formula is C25H34O6. The van der Waals surface area contributed by atoms with E-state index in [1.54, 1.807) is 25.5 Å². The van der Waals surface area contributed by atoms with Gasteiger partial charge in [-0.05, 0) is 58.4 Å². The number of cyclic esters (lactones) is 1. The Bertz CT molecular complexity index is 857. The number of allylic oxidation sites excluding steroid dienone is 1. The zero-order chi connectivity index (χ0) is 22.4. The summed E-state index contributed by atoms with van der Waals surface area (Å²) in [6.07, 6.45) is 8.90. The van der Waals surface area contributed by atoms with Crippen LogP contribution < -0.4 is 0 Å². The van der Waals surface area contributed by atoms with E-state index in [9.17, 15) is 9.59 Å². The van der Waals surface area contributed by atoms with E-state index in [-0.39, 0.29) is 53.1 Å². The third-order valence-electron chi connectivity index (χ3n) is 8.23. The first kappa shape index (κ1) is 22.1. The number of fused-ring (bicyclic) bond motifs is 1. The van der Waals surface area contributed by atoms with Crippen molar-refractivity contribution in [2.75, 3.05) is 0 Å². The van der Waals surface area contributed by atoms with Gasteiger partial charge in [0.25, 0.3) is 0 Å². The van der Waals surface area contributed by atoms with E-state index >= 15 is 0 Å². The average molecular weight is 431 g/mol. The molecule has 0 amide bonds. The lowest BCUT2D eigenvalue weighted by atomic mass is 9.62. The number of carbonyl (C=O) groups excluding carboxylic acids is 2. The third-order valence-corrected chi connectivity index (χ3v) is 8.23. The highest BCUT2D eigenvalue weighted by molar-refractivity contribution is 5.87. The van der Waals surface area contributed by atoms with Crippen molar-refractivity contribution in [2.45, 2.75) is 90.6 Å². The predicted octanol–water partition coefficient (Wildman–Crippen LogP) is 5.14. The van der Waals surface area contributed by atoms with Crippen molar-refractivity contribution in [3.63, 3.8) is 0 Å². The highest BCUT2D eigenvalue weighted by Gasteiger charge is 2.69. The molecule has 1 aliphatic carbocycles. The predicted molar refractivity (Wildman–Crippen MR) is 114 cm³/mol. The fourth-order valence-corrected chi connectivity index (χ4v) is 5.44. The Labute approximate surface area is 184 Å². The second-order valence-electron chi connectivity index (χ2n) is 9.91. The lowest BCUT2D eigenvalue weighted by Gasteiger charge is -2.44. The Morgan fingerprint density at radius 1 is 1.35 bits per heavy atom. The van der Waals surface area contributed by atoms with Crippen LogP contribution in [0.25, 0.3) is 0 Å². The molecule has 2 saturated heterocycles. The Balaban J connectivity index is 1.43. The topological polar surface area (TPSA) is 78.3 Å². The first-order valence-corrected chi connectivity index (χ1v) is 11.4. The zero-order valence-electron chi connectivity index (χ0n) is 19.2. The van der Waals surface area contributed by atoms with Crippen LogP contribution >= 0.6 is 0 Å². The molecule has 6 nitrogen and oxygen atoms in total. The van der Waals surface area contributed by atoms with Crippen LogP contribution in [0.3, 0.4) is 0 Å². The minimum Gasteiger partial charge on any atom is -0.472 e. The summed E-state index contributed by atoms with van der Waals surface area (Å²) in [7, 11) is 0. The van der Waals surface area contributed by atoms with Crippen molar-refractivity contribution >= 4 is 11.9 Å². The normalized spacial score (nSPS) is 38.4. The molecule has 170 valence electrons. The molecule has 0 radical (unpaired) electrons. The van der Waals surface area contributed by atoms with Crippen LogP contribution in [0.2, 0.25) is 0 Å². The van der Waals surface area contributed by atoms with Crippen LogP contribution in [0.5, 0.6) is 0 Å². The molecule has 1 aromatic rings. The maximum Gasteiger partial charge on any atom is 0.333 e. The number of epoxide rings is 1. The van der Waals surface area contributed by atoms with E-state index in [4.69, 9.17) is 18.6 Å². The number of ether oxygens (including phenoxy) is 3. The molecular weight excluding hydrogens is 396 g/mol. The number of hydrogen-bond donors (Lipinski definition) is 0. The van der Waals surface area contributed by atoms with Crippen molar-refractivity contribution in [2.24, 2.45) is 17.3 Å². The van der Waals surface area contributed by atoms with Gasteiger partial charge in [-0.25, -0.2) is 4.79 Å². The molecule has 0 spiro atoms. The summed E-state index contributed by atoms with van der Waals surface area (Å²) in [5, 5.41) is 0. The van der Waals surface area contributed by atoms with Crippen molar-refractivity contribution < 1.29 is 28.2 Å². The quantitative estimate of drug-likeness (QED) is 0.339. The lowest BCUT2D eigenvalue weighted by Crippen LogP contribution is -2.50. The molecule has 1 aromatic heterocycles. The van der Waals surface area contributed by atoms with Crippen LogP contribution in [0.1, 0.15) is 78.4 Å². The molecule has 7 atom stereocenters. The first-order valence-electron chi connectivity index (χ1n) is 11.4. The number of esters is 2. The summed E-state index contributed by atoms with van der Waals surface area (Å²) < 4.78 is 22.9. The summed E-state index contributed by atoms with van der Waals surface area (Å²) in [6, 6.07) is 1.85. The van der Waals surface area contributed by atoms with Gasteiger partial charge in [-0.2, -0.15) is 0 Å². The van der Waals surface area contributed by atoms with Gasteiger partial charge in [0.15, 0.2) is 0 Å². The monoisotopic (exact) mass is 430 g/mol. The fourth-order valence-electron chi connectivity index (χ4n) is 5.44. The van der Waals surface area contributed by atoms with Gasteiger partial charge in [0, 0.05) is 23.0 Å². The van der Waals surface area contributed by atoms with Crippen LogP contribution in [0.4, 0.5) is 0 Å². The minimum atomic E-state index is -0.291. The Morgan fingerprint density at radius 3 is 2.81 bits per heavy atom. The molecule has 0 N–H and O–H groups in total. The minimum absolute atomic E-state index is 0.133. The Kier molecular flexibility index (Phi) is 5.80. The standard InChI is InChI=1S/C25H34O6/c1-6-15(2)22(26)30-20-7-8-21-25(5,31-21)24(20,4)11-9-16(3)18-13-19(29-23(18)27)17-10-12-28-14-17/h6,10,12,14,16,18-21H,7-9,11,13H2,1-5H3. The van der Waals surface area contributed by atoms with Gasteiger partial charge in [-0.3, -0.25) is 4.79 Å². The van der Waals surface area contributed by atoms with Gasteiger partial charge in [0.2, 0.25) is 0 Å². The molecule has 6 heteroatoms. The van der Waals surface area contributed by atoms with Crippen LogP contribution in [0, 0.1) is 17.3 Å². The first-order chi connectivity index (χ1) is 14.7. The number of rotatable bonds is 7. The second-order valence-corrected chi connectivity index (χ2v) is 9.91. The van der Waals surface area contributed by atoms with E-state index in [0.717, 1.165) is 31.2 Å². The molecule has 2 aliphatic heterocycles. The van der Waals surface area contributed by atoms with Crippen LogP contribution in [-0.2, 0) is 23.8 Å². The summed E-state index contributed by atoms with van der Waals surface area (Å²) in [4.78, 5) is 25.0. The van der Waals surface area contributed by atoms with Crippen molar-refractivity contribution in [3.05, 3.63) is 35.8 Å². The van der Waals surface area contributed by atoms with Gasteiger partial charge in [-0.15, -0.1) is 0 Å². The molecule has 1 saturated carbocycles. The maximum absolute atomic E-state index is 12.6. The average Bonchev–Trinajstić information content (AvgIpc) is 3.11. The SMILES string of the molecule is CC=C(C)C(=O)OC1CCC2OC2(C)C1(C)CCC(C)C1CC(c2ccoc2)OC1=O. The van der Waals surface area contributed by atoms with Crippen molar-refractivity contribution in [3.8, 4) is 0 Å². The smallest absolute Gasteiger partial charge is 0.333 e. The van der Waals surface area contributed by atoms with Crippen LogP contribution in [-0.4, -0.2) is 29.7 Å². The molecule has 4 rings (SSSR count). The molecule has 3 aliphatic rings. The molecule has 31 heavy (non-hydrogen) atoms. The van der Waals surface area contributed by atoms with Gasteiger partial charge < -0.3 is 18.6 Å². The Morgan fingerprint density at radius 2 is 2.13 bits per heavy atom. The zero-order valence-corrected chi connectivity index (χ0v) is 19.2. The van der Waals surface area contributed by atoms with E-state index in [1.807, 2.05) is 13.0 Å². The number of furan rings is 1. The molecule has 0 bridgehead atoms. The molecule has 3 heterocycles. The van der Waals surface area contributed by atoms with E-state index in [2.05, 4.69) is 20.8 Å². The molecule has 7 unspecified atom stereocenters. The van der Waals surface area contributed by atoms with Gasteiger partial charge >= 0.3 is 11.9 Å². The summed E-state index contributed by atoms with van der Waals surface area (Å²) in [5.41, 5.74) is 0.962. The fraction of sp³-hybridized carbons (Fsp3) is 0.680. The molecule has 0 aromatic carbocycles. The second kappa shape index (κ2) is 8.12. The van der Waals surface area contributed by atoms with Crippen molar-refractivity contribution in [1.82, 2.24) is 0 Å². The largest absolute Gasteiger partial charge is 0.472 e. The van der Waals surface area contributed by atoms with Gasteiger partial charge in [-0.1, -0.05) is 19.9 Å². The van der Waals surface area contributed by atoms with E-state index in [1.165, 1.54) is 0 Å². The third kappa shape index (κ3) is 3.84. The summed E-state index contributed by atoms with van der Waals surface area (Å²) >= 11 is 0. The maximum atomic E-state index is 12.6. The molecule has 3 fully saturated rings. The van der Waals surface area contributed by atoms with Gasteiger partial charge in [0.1, 0.15) is 17.8 Å². The summed E-state index contributed by atoms with van der Waals surface area (Å²) in [5.74, 6) is -0.359. The number of carbonyl (C=O) groups is 2. The summed E-state index contributed by atoms with van der Waals surface area (Å²) in [6.45, 7) is 10.1.